The molecule has 132 valence electrons. The van der Waals surface area contributed by atoms with Gasteiger partial charge in [0.2, 0.25) is 4.77 Å². The molecule has 0 fully saturated rings. The van der Waals surface area contributed by atoms with Crippen molar-refractivity contribution in [3.63, 3.8) is 0 Å². The van der Waals surface area contributed by atoms with Gasteiger partial charge in [0.1, 0.15) is 5.82 Å². The summed E-state index contributed by atoms with van der Waals surface area (Å²) in [4.78, 5) is 16.1. The summed E-state index contributed by atoms with van der Waals surface area (Å²) in [6.45, 7) is 1.78. The molecule has 3 aromatic rings. The number of nitrogens with zero attached hydrogens (tertiary/aromatic N) is 4. The maximum absolute atomic E-state index is 12.2. The van der Waals surface area contributed by atoms with E-state index < -0.39 is 5.97 Å². The third-order valence-corrected chi connectivity index (χ3v) is 3.69. The number of ether oxygens (including phenoxy) is 2. The van der Waals surface area contributed by atoms with Crippen LogP contribution in [0.3, 0.4) is 0 Å². The van der Waals surface area contributed by atoms with Crippen molar-refractivity contribution in [1.29, 1.82) is 0 Å². The minimum absolute atomic E-state index is 0.301. The molecule has 0 spiro atoms. The Morgan fingerprint density at radius 1 is 1.35 bits per heavy atom. The van der Waals surface area contributed by atoms with Crippen molar-refractivity contribution >= 4 is 24.4 Å². The van der Waals surface area contributed by atoms with E-state index in [0.717, 1.165) is 5.56 Å². The van der Waals surface area contributed by atoms with Gasteiger partial charge in [0.25, 0.3) is 0 Å². The molecule has 0 aliphatic heterocycles. The number of nitrogens with one attached hydrogen (secondary N) is 1. The highest BCUT2D eigenvalue weighted by molar-refractivity contribution is 7.71. The van der Waals surface area contributed by atoms with Crippen molar-refractivity contribution in [3.05, 3.63) is 64.4 Å². The molecule has 0 saturated heterocycles. The van der Waals surface area contributed by atoms with E-state index in [0.29, 0.717) is 27.7 Å². The van der Waals surface area contributed by atoms with Crippen molar-refractivity contribution in [2.75, 3.05) is 7.11 Å². The molecule has 0 aliphatic rings. The van der Waals surface area contributed by atoms with Crippen LogP contribution in [0.15, 0.2) is 47.8 Å². The fourth-order valence-corrected chi connectivity index (χ4v) is 2.35. The lowest BCUT2D eigenvalue weighted by Gasteiger charge is -2.09. The molecule has 1 aromatic carbocycles. The van der Waals surface area contributed by atoms with Crippen LogP contribution in [0.25, 0.3) is 0 Å². The van der Waals surface area contributed by atoms with Crippen LogP contribution in [0.1, 0.15) is 21.7 Å². The van der Waals surface area contributed by atoms with Crippen molar-refractivity contribution in [3.8, 4) is 11.5 Å². The summed E-state index contributed by atoms with van der Waals surface area (Å²) >= 11 is 5.10. The lowest BCUT2D eigenvalue weighted by Crippen LogP contribution is -2.09. The summed E-state index contributed by atoms with van der Waals surface area (Å²) < 4.78 is 12.6. The molecule has 2 heterocycles. The maximum atomic E-state index is 12.2. The van der Waals surface area contributed by atoms with Crippen LogP contribution < -0.4 is 9.47 Å². The highest BCUT2D eigenvalue weighted by Crippen LogP contribution is 2.28. The minimum atomic E-state index is -0.516. The average Bonchev–Trinajstić information content (AvgIpc) is 2.99. The third kappa shape index (κ3) is 3.83. The number of carbonyl (C=O) groups excluding carboxylic acids is 1. The molecule has 0 amide bonds. The Balaban J connectivity index is 1.82. The van der Waals surface area contributed by atoms with E-state index in [2.05, 4.69) is 20.3 Å². The first-order valence-corrected chi connectivity index (χ1v) is 7.98. The van der Waals surface area contributed by atoms with Crippen LogP contribution in [0, 0.1) is 11.7 Å². The van der Waals surface area contributed by atoms with E-state index in [9.17, 15) is 4.79 Å². The topological polar surface area (TPSA) is 94.4 Å². The van der Waals surface area contributed by atoms with Gasteiger partial charge in [0.05, 0.1) is 18.9 Å². The average molecular weight is 369 g/mol. The van der Waals surface area contributed by atoms with Gasteiger partial charge in [-0.25, -0.2) is 4.79 Å². The molecule has 0 radical (unpaired) electrons. The third-order valence-electron chi connectivity index (χ3n) is 3.42. The van der Waals surface area contributed by atoms with E-state index >= 15 is 0 Å². The normalized spacial score (nSPS) is 10.8. The number of rotatable bonds is 5. The maximum Gasteiger partial charge on any atom is 0.345 e. The fourth-order valence-electron chi connectivity index (χ4n) is 2.12. The number of esters is 1. The molecule has 0 bridgehead atoms. The van der Waals surface area contributed by atoms with Gasteiger partial charge in [-0.2, -0.15) is 14.9 Å². The molecule has 0 unspecified atom stereocenters. The highest BCUT2D eigenvalue weighted by atomic mass is 32.1. The van der Waals surface area contributed by atoms with Crippen LogP contribution >= 0.6 is 12.2 Å². The highest BCUT2D eigenvalue weighted by Gasteiger charge is 2.12. The van der Waals surface area contributed by atoms with Gasteiger partial charge in [0, 0.05) is 12.4 Å². The second-order valence-corrected chi connectivity index (χ2v) is 5.56. The lowest BCUT2D eigenvalue weighted by atomic mass is 10.2. The molecule has 8 nitrogen and oxygen atoms in total. The lowest BCUT2D eigenvalue weighted by molar-refractivity contribution is 0.0729. The van der Waals surface area contributed by atoms with Gasteiger partial charge in [-0.1, -0.05) is 0 Å². The summed E-state index contributed by atoms with van der Waals surface area (Å²) in [7, 11) is 1.49. The predicted octanol–water partition coefficient (Wildman–Crippen LogP) is 2.75. The number of pyridine rings is 1. The monoisotopic (exact) mass is 369 g/mol. The number of hydrogen-bond donors (Lipinski definition) is 1. The SMILES string of the molecule is COc1cc(/C=N\n2c(C)n[nH]c2=S)ccc1OC(=O)c1cccnc1. The Labute approximate surface area is 154 Å². The Hall–Kier alpha value is -3.33. The zero-order valence-electron chi connectivity index (χ0n) is 14.0. The van der Waals surface area contributed by atoms with Crippen molar-refractivity contribution in [2.24, 2.45) is 5.10 Å². The molecular weight excluding hydrogens is 354 g/mol. The molecule has 26 heavy (non-hydrogen) atoms. The smallest absolute Gasteiger partial charge is 0.345 e. The van der Waals surface area contributed by atoms with Crippen LogP contribution in [-0.2, 0) is 0 Å². The van der Waals surface area contributed by atoms with E-state index in [-0.39, 0.29) is 0 Å². The van der Waals surface area contributed by atoms with Gasteiger partial charge in [0.15, 0.2) is 11.5 Å². The van der Waals surface area contributed by atoms with Crippen LogP contribution in [0.4, 0.5) is 0 Å². The van der Waals surface area contributed by atoms with Crippen molar-refractivity contribution in [1.82, 2.24) is 19.9 Å². The molecule has 3 rings (SSSR count). The van der Waals surface area contributed by atoms with Crippen molar-refractivity contribution < 1.29 is 14.3 Å². The number of benzene rings is 1. The van der Waals surface area contributed by atoms with Gasteiger partial charge < -0.3 is 9.47 Å². The van der Waals surface area contributed by atoms with Crippen molar-refractivity contribution in [2.45, 2.75) is 6.92 Å². The van der Waals surface area contributed by atoms with E-state index in [1.807, 2.05) is 0 Å². The standard InChI is InChI=1S/C17H15N5O3S/c1-11-20-21-17(26)22(11)19-9-12-5-6-14(15(8-12)24-2)25-16(23)13-4-3-7-18-10-13/h3-10H,1-2H3,(H,21,26)/b19-9-. The summed E-state index contributed by atoms with van der Waals surface area (Å²) in [6, 6.07) is 8.37. The molecule has 0 aliphatic carbocycles. The van der Waals surface area contributed by atoms with E-state index in [1.165, 1.54) is 18.0 Å². The molecule has 0 atom stereocenters. The molecule has 2 aromatic heterocycles. The molecular formula is C17H15N5O3S. The first-order chi connectivity index (χ1) is 12.6. The predicted molar refractivity (Wildman–Crippen MR) is 97.3 cm³/mol. The largest absolute Gasteiger partial charge is 0.493 e. The summed E-state index contributed by atoms with van der Waals surface area (Å²) in [5, 5.41) is 10.9. The first-order valence-electron chi connectivity index (χ1n) is 7.57. The molecule has 1 N–H and O–H groups in total. The number of H-pyrrole nitrogens is 1. The number of carbonyl (C=O) groups is 1. The quantitative estimate of drug-likeness (QED) is 0.322. The number of hydrogen-bond acceptors (Lipinski definition) is 7. The number of aromatic amines is 1. The van der Waals surface area contributed by atoms with Crippen LogP contribution in [-0.4, -0.2) is 39.2 Å². The minimum Gasteiger partial charge on any atom is -0.493 e. The Morgan fingerprint density at radius 2 is 2.19 bits per heavy atom. The second kappa shape index (κ2) is 7.70. The van der Waals surface area contributed by atoms with Gasteiger partial charge in [-0.15, -0.1) is 0 Å². The van der Waals surface area contributed by atoms with E-state index in [1.54, 1.807) is 49.7 Å². The van der Waals surface area contributed by atoms with Crippen LogP contribution in [0.2, 0.25) is 0 Å². The van der Waals surface area contributed by atoms with Crippen LogP contribution in [0.5, 0.6) is 11.5 Å². The Bertz CT molecular complexity index is 1010. The first kappa shape index (κ1) is 17.5. The zero-order chi connectivity index (χ0) is 18.5. The van der Waals surface area contributed by atoms with Gasteiger partial charge >= 0.3 is 5.97 Å². The Kier molecular flexibility index (Phi) is 5.18. The summed E-state index contributed by atoms with van der Waals surface area (Å²) in [5.41, 5.74) is 1.09. The molecule has 9 heteroatoms. The number of methoxy groups -OCH3 is 1. The van der Waals surface area contributed by atoms with Gasteiger partial charge in [-0.3, -0.25) is 10.1 Å². The summed E-state index contributed by atoms with van der Waals surface area (Å²) in [5.74, 6) is 0.826. The summed E-state index contributed by atoms with van der Waals surface area (Å²) in [6.07, 6.45) is 4.62. The molecule has 0 saturated carbocycles. The Morgan fingerprint density at radius 3 is 2.85 bits per heavy atom. The number of aryl methyl sites for hydroxylation is 1. The van der Waals surface area contributed by atoms with Gasteiger partial charge in [-0.05, 0) is 55.0 Å². The fraction of sp³-hybridized carbons (Fsp3) is 0.118. The van der Waals surface area contributed by atoms with E-state index in [4.69, 9.17) is 21.7 Å². The number of aromatic nitrogens is 4. The second-order valence-electron chi connectivity index (χ2n) is 5.17. The zero-order valence-corrected chi connectivity index (χ0v) is 14.9.